The topological polar surface area (TPSA) is 165 Å². The van der Waals surface area contributed by atoms with Crippen molar-refractivity contribution < 1.29 is 18.9 Å². The normalized spacial score (nSPS) is 16.1. The number of aryl methyl sites for hydroxylation is 1. The highest BCUT2D eigenvalue weighted by Gasteiger charge is 2.26. The van der Waals surface area contributed by atoms with Gasteiger partial charge < -0.3 is 19.7 Å². The van der Waals surface area contributed by atoms with E-state index >= 15 is 0 Å². The predicted octanol–water partition coefficient (Wildman–Crippen LogP) is 6.07. The molecule has 0 aliphatic carbocycles. The molecular formula is C42H46N10O4. The lowest BCUT2D eigenvalue weighted by Gasteiger charge is -2.36. The van der Waals surface area contributed by atoms with Gasteiger partial charge in [-0.2, -0.15) is 4.98 Å². The Labute approximate surface area is 324 Å². The number of aromatic nitrogens is 5. The number of H-pyrrole nitrogens is 1. The first kappa shape index (κ1) is 36.8. The van der Waals surface area contributed by atoms with Crippen LogP contribution in [0.2, 0.25) is 0 Å². The highest BCUT2D eigenvalue weighted by Crippen LogP contribution is 2.34. The molecule has 0 spiro atoms. The highest BCUT2D eigenvalue weighted by molar-refractivity contribution is 6.12. The summed E-state index contributed by atoms with van der Waals surface area (Å²) in [6, 6.07) is 20.1. The maximum atomic E-state index is 12.9. The number of rotatable bonds is 9. The average molecular weight is 755 g/mol. The maximum Gasteiger partial charge on any atom is 0.328 e. The van der Waals surface area contributed by atoms with E-state index in [0.717, 1.165) is 94.8 Å². The van der Waals surface area contributed by atoms with Crippen molar-refractivity contribution in [3.05, 3.63) is 95.4 Å². The van der Waals surface area contributed by atoms with Gasteiger partial charge in [-0.05, 0) is 73.4 Å². The number of nitrogens with zero attached hydrogens (tertiary/aromatic N) is 7. The minimum Gasteiger partial charge on any atom is -0.369 e. The van der Waals surface area contributed by atoms with Crippen LogP contribution in [0, 0.1) is 6.92 Å². The van der Waals surface area contributed by atoms with Gasteiger partial charge >= 0.3 is 17.8 Å². The van der Waals surface area contributed by atoms with Crippen molar-refractivity contribution in [1.29, 1.82) is 0 Å². The summed E-state index contributed by atoms with van der Waals surface area (Å²) in [6.07, 6.45) is 2.84. The van der Waals surface area contributed by atoms with Gasteiger partial charge in [-0.1, -0.05) is 50.2 Å². The van der Waals surface area contributed by atoms with E-state index in [1.54, 1.807) is 11.2 Å². The molecule has 0 bridgehead atoms. The molecule has 0 saturated carbocycles. The van der Waals surface area contributed by atoms with Crippen LogP contribution in [0.4, 0.5) is 16.2 Å². The second kappa shape index (κ2) is 14.8. The van der Waals surface area contributed by atoms with Crippen LogP contribution >= 0.6 is 0 Å². The largest absolute Gasteiger partial charge is 0.369 e. The van der Waals surface area contributed by atoms with Gasteiger partial charge in [0.2, 0.25) is 5.91 Å². The molecule has 2 fully saturated rings. The number of fused-ring (bicyclic) bond motifs is 3. The third-order valence-electron chi connectivity index (χ3n) is 10.8. The van der Waals surface area contributed by atoms with Crippen LogP contribution < -0.4 is 20.4 Å². The quantitative estimate of drug-likeness (QED) is 0.158. The van der Waals surface area contributed by atoms with E-state index in [1.165, 1.54) is 5.56 Å². The summed E-state index contributed by atoms with van der Waals surface area (Å²) >= 11 is 0. The number of hydrogen-bond donors (Lipinski definition) is 3. The van der Waals surface area contributed by atoms with Gasteiger partial charge in [0, 0.05) is 78.9 Å². The zero-order valence-corrected chi connectivity index (χ0v) is 32.3. The molecule has 3 aromatic carbocycles. The number of anilines is 2. The molecule has 6 aromatic rings. The van der Waals surface area contributed by atoms with E-state index in [4.69, 9.17) is 9.51 Å². The number of carbonyl (C=O) groups is 3. The summed E-state index contributed by atoms with van der Waals surface area (Å²) in [5.74, 6) is -0.199. The number of amides is 4. The van der Waals surface area contributed by atoms with E-state index in [0.29, 0.717) is 18.8 Å². The fraction of sp³-hybridized carbons (Fsp3) is 0.357. The number of aromatic amines is 1. The molecule has 8 rings (SSSR count). The summed E-state index contributed by atoms with van der Waals surface area (Å²) < 4.78 is 5.24. The first-order valence-electron chi connectivity index (χ1n) is 19.1. The molecule has 0 radical (unpaired) electrons. The number of piperazine rings is 1. The molecule has 56 heavy (non-hydrogen) atoms. The van der Waals surface area contributed by atoms with Gasteiger partial charge in [-0.25, -0.2) is 14.8 Å². The smallest absolute Gasteiger partial charge is 0.328 e. The van der Waals surface area contributed by atoms with E-state index in [1.807, 2.05) is 58.9 Å². The molecule has 288 valence electrons. The van der Waals surface area contributed by atoms with Crippen LogP contribution in [0.1, 0.15) is 73.4 Å². The third kappa shape index (κ3) is 7.44. The average Bonchev–Trinajstić information content (AvgIpc) is 3.84. The summed E-state index contributed by atoms with van der Waals surface area (Å²) in [7, 11) is 0. The number of urea groups is 1. The molecule has 14 nitrogen and oxygen atoms in total. The fourth-order valence-electron chi connectivity index (χ4n) is 7.59. The third-order valence-corrected chi connectivity index (χ3v) is 10.8. The van der Waals surface area contributed by atoms with Crippen LogP contribution in [0.3, 0.4) is 0 Å². The van der Waals surface area contributed by atoms with Crippen LogP contribution in [0.15, 0.2) is 71.5 Å². The lowest BCUT2D eigenvalue weighted by Crippen LogP contribution is -2.49. The van der Waals surface area contributed by atoms with Crippen molar-refractivity contribution in [1.82, 2.24) is 40.6 Å². The molecule has 3 N–H and O–H groups in total. The van der Waals surface area contributed by atoms with Crippen LogP contribution in [-0.4, -0.2) is 87.1 Å². The predicted molar refractivity (Wildman–Crippen MR) is 215 cm³/mol. The number of carbonyl (C=O) groups excluding carboxylic acids is 3. The van der Waals surface area contributed by atoms with Gasteiger partial charge in [-0.15, -0.1) is 0 Å². The maximum absolute atomic E-state index is 12.9. The van der Waals surface area contributed by atoms with Gasteiger partial charge in [0.1, 0.15) is 12.0 Å². The summed E-state index contributed by atoms with van der Waals surface area (Å²) in [5, 5.41) is 11.4. The van der Waals surface area contributed by atoms with Gasteiger partial charge in [0.05, 0.1) is 17.1 Å². The molecule has 4 amide bonds. The summed E-state index contributed by atoms with van der Waals surface area (Å²) in [5.41, 5.74) is 8.50. The van der Waals surface area contributed by atoms with Crippen molar-refractivity contribution in [2.75, 3.05) is 49.1 Å². The molecule has 0 unspecified atom stereocenters. The van der Waals surface area contributed by atoms with E-state index in [2.05, 4.69) is 76.9 Å². The second-order valence-corrected chi connectivity index (χ2v) is 15.7. The Morgan fingerprint density at radius 2 is 1.71 bits per heavy atom. The van der Waals surface area contributed by atoms with Crippen LogP contribution in [0.25, 0.3) is 33.2 Å². The number of nitrogens with one attached hydrogen (secondary N) is 3. The monoisotopic (exact) mass is 754 g/mol. The summed E-state index contributed by atoms with van der Waals surface area (Å²) in [6.45, 7) is 15.0. The Morgan fingerprint density at radius 1 is 0.946 bits per heavy atom. The molecule has 5 heterocycles. The van der Waals surface area contributed by atoms with Crippen molar-refractivity contribution in [3.63, 3.8) is 0 Å². The molecule has 3 aromatic heterocycles. The Morgan fingerprint density at radius 3 is 2.43 bits per heavy atom. The fourth-order valence-corrected chi connectivity index (χ4v) is 7.59. The van der Waals surface area contributed by atoms with Gasteiger partial charge in [0.15, 0.2) is 5.82 Å². The van der Waals surface area contributed by atoms with Crippen molar-refractivity contribution in [2.24, 2.45) is 0 Å². The Kier molecular flexibility index (Phi) is 9.75. The lowest BCUT2D eigenvalue weighted by molar-refractivity contribution is -0.120. The molecule has 2 aliphatic rings. The standard InChI is InChI=1S/C42H46N10O4/c1-25-22-28(7-13-31(25)26(2)45-38(54)39-48-40(49-56-39)42(3,4)5)36-35-32-12-6-27(23-33(32)46-37(35)44-24-43-36)14-16-50-18-20-51(21-19-50)29-8-10-30(11-9-29)52-17-15-34(53)47-41(52)55/h6-13,22-24,26H,14-21H2,1-5H3,(H,45,54)(H,43,44,46)(H,47,53,55)/t26-/m1/s1. The van der Waals surface area contributed by atoms with Crippen molar-refractivity contribution in [2.45, 2.75) is 58.9 Å². The van der Waals surface area contributed by atoms with Crippen molar-refractivity contribution in [3.8, 4) is 11.3 Å². The molecular weight excluding hydrogens is 709 g/mol. The molecule has 1 atom stereocenters. The number of imide groups is 1. The van der Waals surface area contributed by atoms with E-state index < -0.39 is 5.91 Å². The minimum atomic E-state index is -0.409. The minimum absolute atomic E-state index is 0.0480. The first-order chi connectivity index (χ1) is 26.9. The Bertz CT molecular complexity index is 2440. The summed E-state index contributed by atoms with van der Waals surface area (Å²) in [4.78, 5) is 60.3. The van der Waals surface area contributed by atoms with Gasteiger partial charge in [-0.3, -0.25) is 24.7 Å². The highest BCUT2D eigenvalue weighted by atomic mass is 16.5. The second-order valence-electron chi connectivity index (χ2n) is 15.7. The zero-order valence-electron chi connectivity index (χ0n) is 32.3. The lowest BCUT2D eigenvalue weighted by atomic mass is 9.96. The number of benzene rings is 3. The van der Waals surface area contributed by atoms with Crippen molar-refractivity contribution >= 4 is 51.2 Å². The Hall–Kier alpha value is -6.15. The van der Waals surface area contributed by atoms with Crippen LogP contribution in [0.5, 0.6) is 0 Å². The van der Waals surface area contributed by atoms with Crippen LogP contribution in [-0.2, 0) is 16.6 Å². The molecule has 2 saturated heterocycles. The van der Waals surface area contributed by atoms with E-state index in [-0.39, 0.29) is 29.3 Å². The molecule has 2 aliphatic heterocycles. The SMILES string of the molecule is Cc1cc(-c2ncnc3[nH]c4cc(CCN5CCN(c6ccc(N7CCC(=O)NC7=O)cc6)CC5)ccc4c23)ccc1[C@@H](C)NC(=O)c1nc(C(C)(C)C)no1. The Balaban J connectivity index is 0.897. The van der Waals surface area contributed by atoms with Gasteiger partial charge in [0.25, 0.3) is 0 Å². The zero-order chi connectivity index (χ0) is 39.1. The number of hydrogen-bond acceptors (Lipinski definition) is 10. The first-order valence-corrected chi connectivity index (χ1v) is 19.1. The molecule has 14 heteroatoms. The van der Waals surface area contributed by atoms with E-state index in [9.17, 15) is 14.4 Å².